The third kappa shape index (κ3) is 3.13. The number of amides is 1. The number of carbonyl (C=O) groups is 1. The Labute approximate surface area is 124 Å². The lowest BCUT2D eigenvalue weighted by Crippen LogP contribution is -2.40. The number of nitrogens with zero attached hydrogens (tertiary/aromatic N) is 2. The van der Waals surface area contributed by atoms with Crippen molar-refractivity contribution in [3.8, 4) is 5.69 Å². The number of benzene rings is 1. The van der Waals surface area contributed by atoms with Crippen molar-refractivity contribution in [3.63, 3.8) is 0 Å². The Balaban J connectivity index is 1.77. The maximum atomic E-state index is 12.5. The lowest BCUT2D eigenvalue weighted by atomic mass is 9.92. The standard InChI is InChI=1S/C16H20N4O/c1-12-11-13(7-9-17-12)16(21)19-14-5-2-3-6-15(14)20-10-4-8-18-20/h2-6,8,10,12-13,17H,7,9,11H2,1H3,(H,19,21)/t12-,13-/m0/s1. The minimum absolute atomic E-state index is 0.0759. The summed E-state index contributed by atoms with van der Waals surface area (Å²) >= 11 is 0. The van der Waals surface area contributed by atoms with E-state index in [-0.39, 0.29) is 11.8 Å². The highest BCUT2D eigenvalue weighted by atomic mass is 16.1. The van der Waals surface area contributed by atoms with Crippen LogP contribution in [-0.4, -0.2) is 28.3 Å². The molecule has 5 nitrogen and oxygen atoms in total. The van der Waals surface area contributed by atoms with E-state index in [9.17, 15) is 4.79 Å². The van der Waals surface area contributed by atoms with Gasteiger partial charge in [-0.25, -0.2) is 4.68 Å². The second-order valence-electron chi connectivity index (χ2n) is 5.53. The first-order valence-corrected chi connectivity index (χ1v) is 7.37. The van der Waals surface area contributed by atoms with Crippen LogP contribution < -0.4 is 10.6 Å². The number of hydrogen-bond donors (Lipinski definition) is 2. The summed E-state index contributed by atoms with van der Waals surface area (Å²) in [5.74, 6) is 0.176. The lowest BCUT2D eigenvalue weighted by molar-refractivity contribution is -0.120. The number of aromatic nitrogens is 2. The molecule has 0 unspecified atom stereocenters. The van der Waals surface area contributed by atoms with E-state index in [1.54, 1.807) is 10.9 Å². The normalized spacial score (nSPS) is 22.0. The molecule has 0 radical (unpaired) electrons. The van der Waals surface area contributed by atoms with Crippen molar-refractivity contribution < 1.29 is 4.79 Å². The highest BCUT2D eigenvalue weighted by Gasteiger charge is 2.25. The van der Waals surface area contributed by atoms with Gasteiger partial charge in [-0.05, 0) is 44.5 Å². The van der Waals surface area contributed by atoms with E-state index >= 15 is 0 Å². The quantitative estimate of drug-likeness (QED) is 0.908. The average molecular weight is 284 g/mol. The molecule has 1 aromatic heterocycles. The summed E-state index contributed by atoms with van der Waals surface area (Å²) in [7, 11) is 0. The third-order valence-electron chi connectivity index (χ3n) is 3.91. The second-order valence-corrected chi connectivity index (χ2v) is 5.53. The smallest absolute Gasteiger partial charge is 0.227 e. The van der Waals surface area contributed by atoms with Crippen LogP contribution in [0.3, 0.4) is 0 Å². The van der Waals surface area contributed by atoms with Gasteiger partial charge in [-0.3, -0.25) is 4.79 Å². The molecule has 1 saturated heterocycles. The number of piperidine rings is 1. The van der Waals surface area contributed by atoms with E-state index in [0.717, 1.165) is 30.8 Å². The van der Waals surface area contributed by atoms with Gasteiger partial charge in [0.05, 0.1) is 11.4 Å². The number of carbonyl (C=O) groups excluding carboxylic acids is 1. The predicted octanol–water partition coefficient (Wildman–Crippen LogP) is 2.20. The monoisotopic (exact) mass is 284 g/mol. The Kier molecular flexibility index (Phi) is 4.01. The molecule has 21 heavy (non-hydrogen) atoms. The van der Waals surface area contributed by atoms with Gasteiger partial charge in [0, 0.05) is 24.4 Å². The zero-order valence-electron chi connectivity index (χ0n) is 12.1. The molecule has 1 aliphatic heterocycles. The van der Waals surface area contributed by atoms with E-state index in [1.165, 1.54) is 0 Å². The highest BCUT2D eigenvalue weighted by molar-refractivity contribution is 5.94. The fourth-order valence-electron chi connectivity index (χ4n) is 2.80. The average Bonchev–Trinajstić information content (AvgIpc) is 3.02. The van der Waals surface area contributed by atoms with E-state index in [0.29, 0.717) is 6.04 Å². The molecule has 2 aromatic rings. The minimum Gasteiger partial charge on any atom is -0.324 e. The predicted molar refractivity (Wildman–Crippen MR) is 82.4 cm³/mol. The summed E-state index contributed by atoms with van der Waals surface area (Å²) in [4.78, 5) is 12.5. The molecule has 2 atom stereocenters. The van der Waals surface area contributed by atoms with Crippen LogP contribution in [0.1, 0.15) is 19.8 Å². The molecule has 3 rings (SSSR count). The molecule has 1 fully saturated rings. The summed E-state index contributed by atoms with van der Waals surface area (Å²) in [6.45, 7) is 3.02. The number of rotatable bonds is 3. The minimum atomic E-state index is 0.0759. The van der Waals surface area contributed by atoms with Gasteiger partial charge in [-0.2, -0.15) is 5.10 Å². The summed E-state index contributed by atoms with van der Waals surface area (Å²) in [5.41, 5.74) is 1.69. The van der Waals surface area contributed by atoms with E-state index in [4.69, 9.17) is 0 Å². The van der Waals surface area contributed by atoms with Crippen molar-refractivity contribution in [2.75, 3.05) is 11.9 Å². The van der Waals surface area contributed by atoms with Gasteiger partial charge in [0.1, 0.15) is 0 Å². The molecule has 5 heteroatoms. The van der Waals surface area contributed by atoms with E-state index in [1.807, 2.05) is 36.5 Å². The highest BCUT2D eigenvalue weighted by Crippen LogP contribution is 2.22. The van der Waals surface area contributed by atoms with Crippen molar-refractivity contribution in [1.82, 2.24) is 15.1 Å². The second kappa shape index (κ2) is 6.10. The number of hydrogen-bond acceptors (Lipinski definition) is 3. The van der Waals surface area contributed by atoms with Crippen LogP contribution in [-0.2, 0) is 4.79 Å². The molecule has 0 spiro atoms. The van der Waals surface area contributed by atoms with Crippen molar-refractivity contribution in [2.24, 2.45) is 5.92 Å². The van der Waals surface area contributed by atoms with Gasteiger partial charge in [0.15, 0.2) is 0 Å². The number of anilines is 1. The largest absolute Gasteiger partial charge is 0.324 e. The van der Waals surface area contributed by atoms with E-state index in [2.05, 4.69) is 22.7 Å². The third-order valence-corrected chi connectivity index (χ3v) is 3.91. The number of nitrogens with one attached hydrogen (secondary N) is 2. The molecule has 2 N–H and O–H groups in total. The molecule has 1 aliphatic rings. The van der Waals surface area contributed by atoms with Crippen molar-refractivity contribution in [1.29, 1.82) is 0 Å². The molecule has 2 heterocycles. The van der Waals surface area contributed by atoms with Crippen LogP contribution in [0.15, 0.2) is 42.7 Å². The van der Waals surface area contributed by atoms with Crippen molar-refractivity contribution >= 4 is 11.6 Å². The first-order valence-electron chi connectivity index (χ1n) is 7.37. The molecule has 0 bridgehead atoms. The van der Waals surface area contributed by atoms with Gasteiger partial charge in [-0.1, -0.05) is 12.1 Å². The molecular weight excluding hydrogens is 264 g/mol. The van der Waals surface area contributed by atoms with Crippen LogP contribution in [0, 0.1) is 5.92 Å². The topological polar surface area (TPSA) is 59.0 Å². The fourth-order valence-corrected chi connectivity index (χ4v) is 2.80. The van der Waals surface area contributed by atoms with Gasteiger partial charge < -0.3 is 10.6 Å². The van der Waals surface area contributed by atoms with Gasteiger partial charge >= 0.3 is 0 Å². The lowest BCUT2D eigenvalue weighted by Gasteiger charge is -2.27. The molecular formula is C16H20N4O. The summed E-state index contributed by atoms with van der Waals surface area (Å²) in [6, 6.07) is 10.0. The zero-order chi connectivity index (χ0) is 14.7. The van der Waals surface area contributed by atoms with E-state index < -0.39 is 0 Å². The first-order chi connectivity index (χ1) is 10.2. The van der Waals surface area contributed by atoms with Crippen LogP contribution in [0.4, 0.5) is 5.69 Å². The van der Waals surface area contributed by atoms with Crippen LogP contribution in [0.5, 0.6) is 0 Å². The maximum absolute atomic E-state index is 12.5. The van der Waals surface area contributed by atoms with Gasteiger partial charge in [0.2, 0.25) is 5.91 Å². The molecule has 110 valence electrons. The molecule has 1 amide bonds. The molecule has 1 aromatic carbocycles. The first kappa shape index (κ1) is 13.8. The summed E-state index contributed by atoms with van der Waals surface area (Å²) < 4.78 is 1.76. The van der Waals surface area contributed by atoms with Crippen LogP contribution in [0.2, 0.25) is 0 Å². The van der Waals surface area contributed by atoms with Crippen molar-refractivity contribution in [2.45, 2.75) is 25.8 Å². The molecule has 0 saturated carbocycles. The Bertz CT molecular complexity index is 608. The summed E-state index contributed by atoms with van der Waals surface area (Å²) in [5, 5.41) is 10.7. The maximum Gasteiger partial charge on any atom is 0.227 e. The van der Waals surface area contributed by atoms with Crippen LogP contribution in [0.25, 0.3) is 5.69 Å². The molecule has 0 aliphatic carbocycles. The Morgan fingerprint density at radius 2 is 2.24 bits per heavy atom. The SMILES string of the molecule is C[C@H]1C[C@@H](C(=O)Nc2ccccc2-n2cccn2)CCN1. The Morgan fingerprint density at radius 3 is 3.00 bits per heavy atom. The number of para-hydroxylation sites is 2. The van der Waals surface area contributed by atoms with Gasteiger partial charge in [0.25, 0.3) is 0 Å². The van der Waals surface area contributed by atoms with Crippen LogP contribution >= 0.6 is 0 Å². The van der Waals surface area contributed by atoms with Crippen molar-refractivity contribution in [3.05, 3.63) is 42.7 Å². The Morgan fingerprint density at radius 1 is 1.38 bits per heavy atom. The summed E-state index contributed by atoms with van der Waals surface area (Å²) in [6.07, 6.45) is 5.38. The fraction of sp³-hybridized carbons (Fsp3) is 0.375. The van der Waals surface area contributed by atoms with Gasteiger partial charge in [-0.15, -0.1) is 0 Å². The zero-order valence-corrected chi connectivity index (χ0v) is 12.1. The Hall–Kier alpha value is -2.14.